The Bertz CT molecular complexity index is 1260. The number of amides is 1. The van der Waals surface area contributed by atoms with Crippen molar-refractivity contribution < 1.29 is 13.9 Å². The van der Waals surface area contributed by atoms with Gasteiger partial charge in [-0.3, -0.25) is 9.48 Å². The number of hydrogen-bond donors (Lipinski definition) is 1. The van der Waals surface area contributed by atoms with E-state index >= 15 is 0 Å². The van der Waals surface area contributed by atoms with Crippen molar-refractivity contribution in [1.29, 1.82) is 0 Å². The first-order valence-corrected chi connectivity index (χ1v) is 9.03. The molecule has 0 bridgehead atoms. The zero-order valence-electron chi connectivity index (χ0n) is 16.0. The van der Waals surface area contributed by atoms with Crippen LogP contribution < -0.4 is 15.7 Å². The van der Waals surface area contributed by atoms with Gasteiger partial charge in [-0.15, -0.1) is 0 Å². The van der Waals surface area contributed by atoms with Crippen LogP contribution in [0.3, 0.4) is 0 Å². The second kappa shape index (κ2) is 7.63. The SMILES string of the molecule is COc1ccc2c(C(=O)Nc3cnn(Cc4cccc(C)c4)c3)cc(=O)oc2c1. The van der Waals surface area contributed by atoms with Gasteiger partial charge < -0.3 is 14.5 Å². The molecule has 0 fully saturated rings. The summed E-state index contributed by atoms with van der Waals surface area (Å²) in [6.45, 7) is 2.63. The minimum absolute atomic E-state index is 0.227. The molecule has 0 unspecified atom stereocenters. The molecule has 0 atom stereocenters. The third kappa shape index (κ3) is 4.03. The number of methoxy groups -OCH3 is 1. The maximum absolute atomic E-state index is 12.8. The molecule has 2 aromatic heterocycles. The molecule has 29 heavy (non-hydrogen) atoms. The first-order valence-electron chi connectivity index (χ1n) is 9.03. The molecule has 0 saturated carbocycles. The largest absolute Gasteiger partial charge is 0.497 e. The molecule has 2 heterocycles. The van der Waals surface area contributed by atoms with Crippen LogP contribution >= 0.6 is 0 Å². The number of anilines is 1. The number of hydrogen-bond acceptors (Lipinski definition) is 5. The lowest BCUT2D eigenvalue weighted by Crippen LogP contribution is -2.15. The lowest BCUT2D eigenvalue weighted by molar-refractivity contribution is 0.102. The zero-order chi connectivity index (χ0) is 20.4. The normalized spacial score (nSPS) is 10.8. The maximum atomic E-state index is 12.8. The Labute approximate surface area is 166 Å². The van der Waals surface area contributed by atoms with Crippen LogP contribution in [0.5, 0.6) is 5.75 Å². The predicted octanol–water partition coefficient (Wildman–Crippen LogP) is 3.61. The fraction of sp³-hybridized carbons (Fsp3) is 0.136. The minimum atomic E-state index is -0.606. The quantitative estimate of drug-likeness (QED) is 0.527. The van der Waals surface area contributed by atoms with E-state index in [9.17, 15) is 9.59 Å². The number of carbonyl (C=O) groups excluding carboxylic acids is 1. The fourth-order valence-corrected chi connectivity index (χ4v) is 3.17. The predicted molar refractivity (Wildman–Crippen MR) is 109 cm³/mol. The van der Waals surface area contributed by atoms with Gasteiger partial charge in [0, 0.05) is 23.7 Å². The summed E-state index contributed by atoms with van der Waals surface area (Å²) < 4.78 is 12.1. The van der Waals surface area contributed by atoms with Gasteiger partial charge >= 0.3 is 5.63 Å². The Kier molecular flexibility index (Phi) is 4.87. The molecule has 0 aliphatic carbocycles. The van der Waals surface area contributed by atoms with E-state index in [1.54, 1.807) is 35.3 Å². The van der Waals surface area contributed by atoms with Crippen LogP contribution in [0.2, 0.25) is 0 Å². The van der Waals surface area contributed by atoms with Crippen molar-refractivity contribution in [1.82, 2.24) is 9.78 Å². The molecule has 2 aromatic carbocycles. The average molecular weight is 389 g/mol. The van der Waals surface area contributed by atoms with Gasteiger partial charge in [-0.1, -0.05) is 29.8 Å². The number of aryl methyl sites for hydroxylation is 1. The highest BCUT2D eigenvalue weighted by molar-refractivity contribution is 6.12. The van der Waals surface area contributed by atoms with Crippen molar-refractivity contribution in [2.24, 2.45) is 0 Å². The van der Waals surface area contributed by atoms with E-state index in [2.05, 4.69) is 16.5 Å². The van der Waals surface area contributed by atoms with Gasteiger partial charge in [-0.05, 0) is 24.6 Å². The molecule has 7 nitrogen and oxygen atoms in total. The van der Waals surface area contributed by atoms with Gasteiger partial charge in [0.05, 0.1) is 31.1 Å². The van der Waals surface area contributed by atoms with Crippen LogP contribution in [0.25, 0.3) is 11.0 Å². The van der Waals surface area contributed by atoms with Crippen molar-refractivity contribution in [2.75, 3.05) is 12.4 Å². The molecule has 1 N–H and O–H groups in total. The van der Waals surface area contributed by atoms with Gasteiger partial charge in [0.2, 0.25) is 0 Å². The smallest absolute Gasteiger partial charge is 0.337 e. The van der Waals surface area contributed by atoms with Crippen LogP contribution in [-0.2, 0) is 6.54 Å². The van der Waals surface area contributed by atoms with E-state index in [0.717, 1.165) is 5.56 Å². The topological polar surface area (TPSA) is 86.4 Å². The molecule has 1 amide bonds. The third-order valence-corrected chi connectivity index (χ3v) is 4.51. The molecule has 4 rings (SSSR count). The highest BCUT2D eigenvalue weighted by Gasteiger charge is 2.15. The first-order chi connectivity index (χ1) is 14.0. The van der Waals surface area contributed by atoms with Crippen LogP contribution in [0.4, 0.5) is 5.69 Å². The number of nitrogens with zero attached hydrogens (tertiary/aromatic N) is 2. The van der Waals surface area contributed by atoms with Gasteiger partial charge in [-0.2, -0.15) is 5.10 Å². The van der Waals surface area contributed by atoms with Crippen LogP contribution in [0, 0.1) is 6.92 Å². The minimum Gasteiger partial charge on any atom is -0.497 e. The number of ether oxygens (including phenoxy) is 1. The fourth-order valence-electron chi connectivity index (χ4n) is 3.17. The van der Waals surface area contributed by atoms with Crippen LogP contribution in [-0.4, -0.2) is 22.8 Å². The van der Waals surface area contributed by atoms with Crippen LogP contribution in [0.1, 0.15) is 21.5 Å². The van der Waals surface area contributed by atoms with Crippen molar-refractivity contribution in [3.8, 4) is 5.75 Å². The van der Waals surface area contributed by atoms with Gasteiger partial charge in [0.1, 0.15) is 11.3 Å². The maximum Gasteiger partial charge on any atom is 0.337 e. The second-order valence-corrected chi connectivity index (χ2v) is 6.71. The Morgan fingerprint density at radius 2 is 2.07 bits per heavy atom. The molecule has 0 radical (unpaired) electrons. The lowest BCUT2D eigenvalue weighted by atomic mass is 10.1. The molecule has 0 aliphatic rings. The molecule has 7 heteroatoms. The third-order valence-electron chi connectivity index (χ3n) is 4.51. The Hall–Kier alpha value is -3.87. The summed E-state index contributed by atoms with van der Waals surface area (Å²) in [4.78, 5) is 24.7. The molecular weight excluding hydrogens is 370 g/mol. The Balaban J connectivity index is 1.57. The monoisotopic (exact) mass is 389 g/mol. The summed E-state index contributed by atoms with van der Waals surface area (Å²) in [5, 5.41) is 7.61. The molecule has 146 valence electrons. The summed E-state index contributed by atoms with van der Waals surface area (Å²) in [7, 11) is 1.52. The second-order valence-electron chi connectivity index (χ2n) is 6.71. The van der Waals surface area contributed by atoms with E-state index in [-0.39, 0.29) is 11.1 Å². The number of nitrogens with one attached hydrogen (secondary N) is 1. The number of fused-ring (bicyclic) bond motifs is 1. The summed E-state index contributed by atoms with van der Waals surface area (Å²) in [5.74, 6) is 0.124. The van der Waals surface area contributed by atoms with E-state index < -0.39 is 11.5 Å². The van der Waals surface area contributed by atoms with Crippen LogP contribution in [0.15, 0.2) is 70.1 Å². The number of benzene rings is 2. The standard InChI is InChI=1S/C22H19N3O4/c1-14-4-3-5-15(8-14)12-25-13-16(11-23-25)24-22(27)19-10-21(26)29-20-9-17(28-2)6-7-18(19)20/h3-11,13H,12H2,1-2H3,(H,24,27). The van der Waals surface area contributed by atoms with E-state index in [1.807, 2.05) is 25.1 Å². The Morgan fingerprint density at radius 1 is 1.21 bits per heavy atom. The Morgan fingerprint density at radius 3 is 2.86 bits per heavy atom. The summed E-state index contributed by atoms with van der Waals surface area (Å²) in [6, 6.07) is 14.3. The number of rotatable bonds is 5. The van der Waals surface area contributed by atoms with E-state index in [1.165, 1.54) is 18.7 Å². The highest BCUT2D eigenvalue weighted by Crippen LogP contribution is 2.23. The summed E-state index contributed by atoms with van der Waals surface area (Å²) in [5.41, 5.74) is 2.74. The number of aromatic nitrogens is 2. The van der Waals surface area contributed by atoms with E-state index in [0.29, 0.717) is 23.4 Å². The highest BCUT2D eigenvalue weighted by atomic mass is 16.5. The zero-order valence-corrected chi connectivity index (χ0v) is 16.0. The molecule has 4 aromatic rings. The molecule has 0 spiro atoms. The van der Waals surface area contributed by atoms with Crippen molar-refractivity contribution >= 4 is 22.6 Å². The number of carbonyl (C=O) groups is 1. The first kappa shape index (κ1) is 18.5. The summed E-state index contributed by atoms with van der Waals surface area (Å²) >= 11 is 0. The van der Waals surface area contributed by atoms with Gasteiger partial charge in [0.15, 0.2) is 0 Å². The van der Waals surface area contributed by atoms with E-state index in [4.69, 9.17) is 9.15 Å². The molecule has 0 aliphatic heterocycles. The summed E-state index contributed by atoms with van der Waals surface area (Å²) in [6.07, 6.45) is 3.32. The van der Waals surface area contributed by atoms with Crippen molar-refractivity contribution in [3.63, 3.8) is 0 Å². The molecule has 0 saturated heterocycles. The van der Waals surface area contributed by atoms with Gasteiger partial charge in [0.25, 0.3) is 5.91 Å². The lowest BCUT2D eigenvalue weighted by Gasteiger charge is -2.07. The average Bonchev–Trinajstić information content (AvgIpc) is 3.13. The van der Waals surface area contributed by atoms with Crippen molar-refractivity contribution in [2.45, 2.75) is 13.5 Å². The van der Waals surface area contributed by atoms with Crippen molar-refractivity contribution in [3.05, 3.63) is 88.0 Å². The van der Waals surface area contributed by atoms with Gasteiger partial charge in [-0.25, -0.2) is 4.79 Å². The molecular formula is C22H19N3O4.